The number of benzene rings is 4. The zero-order valence-corrected chi connectivity index (χ0v) is 25.4. The van der Waals surface area contributed by atoms with E-state index in [0.29, 0.717) is 5.56 Å². The van der Waals surface area contributed by atoms with Crippen molar-refractivity contribution in [2.45, 2.75) is 59.6 Å². The van der Waals surface area contributed by atoms with Crippen LogP contribution in [-0.4, -0.2) is 6.18 Å². The summed E-state index contributed by atoms with van der Waals surface area (Å²) in [6.45, 7) is 15.9. The van der Waals surface area contributed by atoms with Crippen LogP contribution in [0.4, 0.5) is 13.2 Å². The van der Waals surface area contributed by atoms with Gasteiger partial charge in [-0.25, -0.2) is 4.40 Å². The number of nitrogens with zero attached hydrogens (tertiary/aromatic N) is 2. The van der Waals surface area contributed by atoms with Gasteiger partial charge in [-0.3, -0.25) is 4.24 Å². The number of alkyl halides is 3. The van der Waals surface area contributed by atoms with Crippen molar-refractivity contribution in [1.82, 2.24) is 0 Å². The normalized spacial score (nSPS) is 13.4. The molecular weight excluding hydrogens is 541 g/mol. The van der Waals surface area contributed by atoms with E-state index in [1.807, 2.05) is 40.8 Å². The molecule has 218 valence electrons. The van der Waals surface area contributed by atoms with E-state index in [0.717, 1.165) is 49.4 Å². The zero-order chi connectivity index (χ0) is 30.6. The van der Waals surface area contributed by atoms with Gasteiger partial charge in [0.25, 0.3) is 0 Å². The Kier molecular flexibility index (Phi) is 5.70. The number of hydrogen-bond donors (Lipinski definition) is 0. The van der Waals surface area contributed by atoms with Gasteiger partial charge < -0.3 is 0 Å². The third-order valence-electron chi connectivity index (χ3n) is 9.38. The molecule has 0 amide bonds. The molecule has 43 heavy (non-hydrogen) atoms. The first kappa shape index (κ1) is 27.6. The predicted octanol–water partition coefficient (Wildman–Crippen LogP) is 9.53. The van der Waals surface area contributed by atoms with Gasteiger partial charge in [-0.2, -0.15) is 13.2 Å². The number of hydrogen-bond acceptors (Lipinski definition) is 0. The standard InChI is InChI=1S/C38H35F3N2/c1-22-24-12-8-9-13-25(24)30(36(2,3)4)20-29(22)34-35-27(18-19-42(34)7)26-17-16-23(21-37(5,6)38(39,40)41)32-28-14-10-11-15-31(28)43(35)33(26)32/h8-20H,7,21H2,1-6H3. The Labute approximate surface area is 249 Å². The van der Waals surface area contributed by atoms with Crippen LogP contribution < -0.4 is 8.64 Å². The maximum Gasteiger partial charge on any atom is 0.394 e. The lowest BCUT2D eigenvalue weighted by atomic mass is 9.80. The molecule has 0 saturated heterocycles. The number of fused-ring (bicyclic) bond motifs is 7. The third-order valence-corrected chi connectivity index (χ3v) is 9.38. The van der Waals surface area contributed by atoms with Crippen molar-refractivity contribution < 1.29 is 21.8 Å². The quantitative estimate of drug-likeness (QED) is 0.146. The Hall–Kier alpha value is -4.25. The lowest BCUT2D eigenvalue weighted by Crippen LogP contribution is -2.34. The summed E-state index contributed by atoms with van der Waals surface area (Å²) < 4.78 is 46.5. The molecule has 0 aliphatic heterocycles. The van der Waals surface area contributed by atoms with Gasteiger partial charge in [0.2, 0.25) is 0 Å². The average Bonchev–Trinajstić information content (AvgIpc) is 3.45. The van der Waals surface area contributed by atoms with Crippen molar-refractivity contribution in [3.8, 4) is 11.3 Å². The van der Waals surface area contributed by atoms with Crippen LogP contribution in [0.5, 0.6) is 0 Å². The predicted molar refractivity (Wildman–Crippen MR) is 170 cm³/mol. The Bertz CT molecular complexity index is 2290. The molecule has 7 aromatic rings. The first-order valence-corrected chi connectivity index (χ1v) is 14.8. The number of rotatable bonds is 3. The Morgan fingerprint density at radius 3 is 2.12 bits per heavy atom. The molecule has 0 fully saturated rings. The largest absolute Gasteiger partial charge is 0.394 e. The van der Waals surface area contributed by atoms with E-state index in [1.165, 1.54) is 35.7 Å². The van der Waals surface area contributed by atoms with Gasteiger partial charge in [-0.05, 0) is 39.6 Å². The van der Waals surface area contributed by atoms with Crippen LogP contribution in [0.1, 0.15) is 51.3 Å². The number of pyridine rings is 1. The molecule has 0 aliphatic rings. The van der Waals surface area contributed by atoms with Gasteiger partial charge in [0.05, 0.1) is 18.3 Å². The fourth-order valence-corrected chi connectivity index (χ4v) is 7.03. The lowest BCUT2D eigenvalue weighted by molar-refractivity contribution is -0.497. The molecule has 0 saturated carbocycles. The van der Waals surface area contributed by atoms with E-state index < -0.39 is 11.6 Å². The second-order valence-electron chi connectivity index (χ2n) is 13.7. The van der Waals surface area contributed by atoms with Crippen molar-refractivity contribution in [2.75, 3.05) is 0 Å². The molecule has 3 aromatic heterocycles. The SMILES string of the molecule is C=[n+]1ccc2c3ccc(CC(C)(C)C(F)(F)F)c4c5ccccc5[n+](c34)[c-]2[c-]1-c1cc(C(C)(C)C)c2ccccc2c1C. The molecule has 0 bridgehead atoms. The molecule has 4 aromatic carbocycles. The Balaban J connectivity index is 1.66. The summed E-state index contributed by atoms with van der Waals surface area (Å²) in [7, 11) is 0. The highest BCUT2D eigenvalue weighted by molar-refractivity contribution is 6.20. The van der Waals surface area contributed by atoms with Crippen molar-refractivity contribution >= 4 is 48.9 Å². The second-order valence-corrected chi connectivity index (χ2v) is 13.7. The molecule has 5 heteroatoms. The molecular formula is C38H35F3N2. The minimum atomic E-state index is -4.32. The van der Waals surface area contributed by atoms with Crippen molar-refractivity contribution in [1.29, 1.82) is 0 Å². The molecule has 0 radical (unpaired) electrons. The molecule has 3 heterocycles. The molecule has 0 N–H and O–H groups in total. The molecule has 7 rings (SSSR count). The topological polar surface area (TPSA) is 10.0 Å². The van der Waals surface area contributed by atoms with Crippen LogP contribution in [0.2, 0.25) is 0 Å². The maximum atomic E-state index is 14.1. The van der Waals surface area contributed by atoms with Gasteiger partial charge >= 0.3 is 6.18 Å². The first-order chi connectivity index (χ1) is 20.2. The van der Waals surface area contributed by atoms with Gasteiger partial charge in [0.15, 0.2) is 16.7 Å². The minimum absolute atomic E-state index is 0.0947. The van der Waals surface area contributed by atoms with E-state index in [4.69, 9.17) is 0 Å². The van der Waals surface area contributed by atoms with Crippen molar-refractivity contribution in [3.05, 3.63) is 102 Å². The second kappa shape index (κ2) is 8.89. The third kappa shape index (κ3) is 3.86. The van der Waals surface area contributed by atoms with Crippen LogP contribution in [0.25, 0.3) is 60.1 Å². The summed E-state index contributed by atoms with van der Waals surface area (Å²) in [5, 5.41) is 6.41. The van der Waals surface area contributed by atoms with E-state index in [9.17, 15) is 13.2 Å². The fourth-order valence-electron chi connectivity index (χ4n) is 7.03. The Morgan fingerprint density at radius 1 is 0.791 bits per heavy atom. The van der Waals surface area contributed by atoms with Gasteiger partial charge in [-0.1, -0.05) is 119 Å². The molecule has 0 spiro atoms. The number of aryl methyl sites for hydroxylation is 1. The summed E-state index contributed by atoms with van der Waals surface area (Å²) in [5.41, 5.74) is 6.25. The summed E-state index contributed by atoms with van der Waals surface area (Å²) in [6, 6.07) is 25.0. The van der Waals surface area contributed by atoms with Gasteiger partial charge in [0, 0.05) is 10.8 Å². The summed E-state index contributed by atoms with van der Waals surface area (Å²) in [6.07, 6.45) is -2.41. The smallest absolute Gasteiger partial charge is 0.266 e. The zero-order valence-electron chi connectivity index (χ0n) is 25.4. The molecule has 0 atom stereocenters. The molecule has 0 aliphatic carbocycles. The van der Waals surface area contributed by atoms with E-state index in [1.54, 1.807) is 0 Å². The van der Waals surface area contributed by atoms with Gasteiger partial charge in [0.1, 0.15) is 5.52 Å². The van der Waals surface area contributed by atoms with Crippen molar-refractivity contribution in [2.24, 2.45) is 5.41 Å². The fraction of sp³-hybridized carbons (Fsp3) is 0.263. The van der Waals surface area contributed by atoms with Crippen LogP contribution in [0.15, 0.2) is 79.0 Å². The number of halogens is 3. The maximum absolute atomic E-state index is 14.1. The van der Waals surface area contributed by atoms with Gasteiger partial charge in [-0.15, -0.1) is 11.6 Å². The number of para-hydroxylation sites is 1. The van der Waals surface area contributed by atoms with E-state index >= 15 is 0 Å². The number of aromatic nitrogens is 2. The van der Waals surface area contributed by atoms with Crippen LogP contribution >= 0.6 is 0 Å². The van der Waals surface area contributed by atoms with Crippen LogP contribution in [0.3, 0.4) is 0 Å². The first-order valence-electron chi connectivity index (χ1n) is 14.8. The van der Waals surface area contributed by atoms with E-state index in [-0.39, 0.29) is 11.8 Å². The highest BCUT2D eigenvalue weighted by Gasteiger charge is 2.47. The minimum Gasteiger partial charge on any atom is -0.266 e. The average molecular weight is 577 g/mol. The highest BCUT2D eigenvalue weighted by Crippen LogP contribution is 2.45. The van der Waals surface area contributed by atoms with Crippen LogP contribution in [-0.2, 0) is 11.8 Å². The lowest BCUT2D eigenvalue weighted by Gasteiger charge is -2.28. The monoisotopic (exact) mass is 576 g/mol. The highest BCUT2D eigenvalue weighted by atomic mass is 19.4. The molecule has 2 nitrogen and oxygen atoms in total. The molecule has 0 unspecified atom stereocenters. The Morgan fingerprint density at radius 2 is 1.44 bits per heavy atom. The summed E-state index contributed by atoms with van der Waals surface area (Å²) >= 11 is 0. The summed E-state index contributed by atoms with van der Waals surface area (Å²) in [4.78, 5) is 0. The van der Waals surface area contributed by atoms with E-state index in [2.05, 4.69) is 81.3 Å². The van der Waals surface area contributed by atoms with Crippen molar-refractivity contribution in [3.63, 3.8) is 0 Å². The van der Waals surface area contributed by atoms with Crippen LogP contribution in [0, 0.1) is 19.1 Å². The summed E-state index contributed by atoms with van der Waals surface area (Å²) in [5.74, 6) is 0.